The predicted molar refractivity (Wildman–Crippen MR) is 173 cm³/mol. The number of halogens is 1. The fourth-order valence-electron chi connectivity index (χ4n) is 5.47. The van der Waals surface area contributed by atoms with Crippen molar-refractivity contribution in [2.24, 2.45) is 7.05 Å². The van der Waals surface area contributed by atoms with Crippen LogP contribution < -0.4 is 20.7 Å². The van der Waals surface area contributed by atoms with E-state index in [1.54, 1.807) is 42.2 Å². The van der Waals surface area contributed by atoms with E-state index in [0.717, 1.165) is 49.5 Å². The van der Waals surface area contributed by atoms with Gasteiger partial charge in [-0.1, -0.05) is 30.5 Å². The number of aromatic nitrogens is 3. The van der Waals surface area contributed by atoms with Crippen molar-refractivity contribution in [1.29, 1.82) is 0 Å². The predicted octanol–water partition coefficient (Wildman–Crippen LogP) is 4.25. The highest BCUT2D eigenvalue weighted by Gasteiger charge is 2.24. The van der Waals surface area contributed by atoms with Crippen molar-refractivity contribution >= 4 is 40.0 Å². The number of carbonyl (C=O) groups excluding carboxylic acids is 1. The zero-order valence-electron chi connectivity index (χ0n) is 24.8. The maximum Gasteiger partial charge on any atom is 0.262 e. The van der Waals surface area contributed by atoms with E-state index in [9.17, 15) is 9.59 Å². The van der Waals surface area contributed by atoms with Crippen LogP contribution in [0.15, 0.2) is 65.7 Å². The van der Waals surface area contributed by atoms with Crippen LogP contribution in [0, 0.1) is 12.3 Å². The largest absolute Gasteiger partial charge is 0.354 e. The molecule has 1 N–H and O–H groups in total. The summed E-state index contributed by atoms with van der Waals surface area (Å²) < 4.78 is 1.63. The summed E-state index contributed by atoms with van der Waals surface area (Å²) in [6.45, 7) is 9.36. The van der Waals surface area contributed by atoms with Gasteiger partial charge >= 0.3 is 0 Å². The van der Waals surface area contributed by atoms with Gasteiger partial charge in [-0.15, -0.1) is 6.42 Å². The molecule has 1 aliphatic rings. The van der Waals surface area contributed by atoms with Crippen molar-refractivity contribution in [1.82, 2.24) is 24.8 Å². The number of carbonyl (C=O) groups is 1. The number of benzene rings is 2. The van der Waals surface area contributed by atoms with E-state index in [1.807, 2.05) is 42.2 Å². The molecule has 0 spiro atoms. The fourth-order valence-corrected chi connectivity index (χ4v) is 5.79. The quantitative estimate of drug-likeness (QED) is 0.289. The molecule has 1 saturated heterocycles. The van der Waals surface area contributed by atoms with Crippen LogP contribution in [0.25, 0.3) is 10.9 Å². The minimum absolute atomic E-state index is 0.117. The molecule has 1 aliphatic heterocycles. The lowest BCUT2D eigenvalue weighted by Gasteiger charge is -2.35. The molecule has 1 amide bonds. The lowest BCUT2D eigenvalue weighted by Crippen LogP contribution is -2.48. The van der Waals surface area contributed by atoms with E-state index >= 15 is 0 Å². The molecule has 4 aromatic rings. The zero-order chi connectivity index (χ0) is 30.5. The summed E-state index contributed by atoms with van der Waals surface area (Å²) in [6, 6.07) is 14.4. The van der Waals surface area contributed by atoms with Gasteiger partial charge in [-0.3, -0.25) is 19.1 Å². The van der Waals surface area contributed by atoms with Gasteiger partial charge < -0.3 is 20.0 Å². The Morgan fingerprint density at radius 3 is 2.56 bits per heavy atom. The van der Waals surface area contributed by atoms with Gasteiger partial charge in [0.1, 0.15) is 0 Å². The smallest absolute Gasteiger partial charge is 0.262 e. The highest BCUT2D eigenvalue weighted by atomic mass is 35.5. The van der Waals surface area contributed by atoms with Gasteiger partial charge in [0.2, 0.25) is 5.95 Å². The van der Waals surface area contributed by atoms with E-state index in [4.69, 9.17) is 23.0 Å². The molecule has 0 saturated carbocycles. The molecule has 9 nitrogen and oxygen atoms in total. The first-order valence-electron chi connectivity index (χ1n) is 14.5. The number of hydrogen-bond acceptors (Lipinski definition) is 7. The second-order valence-electron chi connectivity index (χ2n) is 10.7. The normalized spacial score (nSPS) is 14.3. The summed E-state index contributed by atoms with van der Waals surface area (Å²) in [5, 5.41) is 3.93. The molecule has 2 aromatic carbocycles. The number of rotatable bonds is 9. The van der Waals surface area contributed by atoms with Crippen molar-refractivity contribution in [3.8, 4) is 12.3 Å². The number of fused-ring (bicyclic) bond motifs is 1. The van der Waals surface area contributed by atoms with Crippen molar-refractivity contribution < 1.29 is 4.79 Å². The van der Waals surface area contributed by atoms with Crippen LogP contribution in [0.5, 0.6) is 0 Å². The number of pyridine rings is 1. The van der Waals surface area contributed by atoms with Gasteiger partial charge in [-0.2, -0.15) is 0 Å². The molecule has 2 aromatic heterocycles. The summed E-state index contributed by atoms with van der Waals surface area (Å²) in [4.78, 5) is 41.8. The van der Waals surface area contributed by atoms with Gasteiger partial charge in [-0.05, 0) is 67.1 Å². The monoisotopic (exact) mass is 597 g/mol. The maximum atomic E-state index is 13.6. The molecule has 1 unspecified atom stereocenters. The van der Waals surface area contributed by atoms with E-state index in [0.29, 0.717) is 40.5 Å². The highest BCUT2D eigenvalue weighted by Crippen LogP contribution is 2.33. The Hall–Kier alpha value is -4.39. The average Bonchev–Trinajstić information content (AvgIpc) is 3.04. The SMILES string of the molecule is C#CCN(c1ccc(C(=O)NCc2cccnc2)cc1)C(C)c1cc2c(=O)n(C)c(N3CCN(CC)CC3)nc2cc1Cl. The molecule has 0 aliphatic carbocycles. The highest BCUT2D eigenvalue weighted by molar-refractivity contribution is 6.32. The first kappa shape index (κ1) is 30.1. The molecular formula is C33H36ClN7O2. The van der Waals surface area contributed by atoms with Gasteiger partial charge in [-0.25, -0.2) is 4.98 Å². The zero-order valence-corrected chi connectivity index (χ0v) is 25.5. The van der Waals surface area contributed by atoms with Crippen LogP contribution in [0.3, 0.4) is 0 Å². The molecule has 3 heterocycles. The molecule has 1 atom stereocenters. The fraction of sp³-hybridized carbons (Fsp3) is 0.333. The number of piperazine rings is 1. The Balaban J connectivity index is 1.38. The maximum absolute atomic E-state index is 13.6. The van der Waals surface area contributed by atoms with E-state index < -0.39 is 0 Å². The van der Waals surface area contributed by atoms with E-state index in [1.165, 1.54) is 0 Å². The topological polar surface area (TPSA) is 86.6 Å². The lowest BCUT2D eigenvalue weighted by molar-refractivity contribution is 0.0951. The molecule has 0 bridgehead atoms. The van der Waals surface area contributed by atoms with Crippen LogP contribution in [0.4, 0.5) is 11.6 Å². The Kier molecular flexibility index (Phi) is 9.29. The summed E-state index contributed by atoms with van der Waals surface area (Å²) in [5.74, 6) is 3.21. The first-order valence-corrected chi connectivity index (χ1v) is 14.8. The third-order valence-electron chi connectivity index (χ3n) is 8.09. The summed E-state index contributed by atoms with van der Waals surface area (Å²) in [7, 11) is 1.77. The third-order valence-corrected chi connectivity index (χ3v) is 8.42. The number of hydrogen-bond donors (Lipinski definition) is 1. The Morgan fingerprint density at radius 2 is 1.91 bits per heavy atom. The second kappa shape index (κ2) is 13.3. The average molecular weight is 598 g/mol. The molecular weight excluding hydrogens is 562 g/mol. The number of nitrogens with zero attached hydrogens (tertiary/aromatic N) is 6. The molecule has 5 rings (SSSR count). The first-order chi connectivity index (χ1) is 20.8. The summed E-state index contributed by atoms with van der Waals surface area (Å²) in [5.41, 5.74) is 3.51. The molecule has 43 heavy (non-hydrogen) atoms. The van der Waals surface area contributed by atoms with Crippen LogP contribution in [-0.4, -0.2) is 64.6 Å². The van der Waals surface area contributed by atoms with Crippen molar-refractivity contribution in [2.45, 2.75) is 26.4 Å². The number of terminal acetylenes is 1. The standard InChI is InChI=1S/C33H36ClN7O2/c1-5-14-41(26-11-9-25(10-12-26)31(42)36-22-24-8-7-13-35-21-24)23(3)27-19-28-30(20-29(27)34)37-33(38(4)32(28)43)40-17-15-39(6-2)16-18-40/h1,7-13,19-21,23H,6,14-18,22H2,2-4H3,(H,36,42). The van der Waals surface area contributed by atoms with E-state index in [2.05, 4.69) is 32.9 Å². The van der Waals surface area contributed by atoms with Crippen LogP contribution in [0.1, 0.15) is 41.4 Å². The van der Waals surface area contributed by atoms with Crippen molar-refractivity contribution in [3.63, 3.8) is 0 Å². The van der Waals surface area contributed by atoms with E-state index in [-0.39, 0.29) is 17.5 Å². The molecule has 1 fully saturated rings. The number of nitrogens with one attached hydrogen (secondary N) is 1. The van der Waals surface area contributed by atoms with Gasteiger partial charge in [0.05, 0.1) is 23.5 Å². The van der Waals surface area contributed by atoms with Crippen LogP contribution >= 0.6 is 11.6 Å². The Bertz CT molecular complexity index is 1690. The minimum atomic E-state index is -0.260. The molecule has 10 heteroatoms. The Labute approximate surface area is 257 Å². The van der Waals surface area contributed by atoms with Crippen molar-refractivity contribution in [3.05, 3.63) is 93.0 Å². The van der Waals surface area contributed by atoms with Gasteiger partial charge in [0.25, 0.3) is 11.5 Å². The summed E-state index contributed by atoms with van der Waals surface area (Å²) >= 11 is 6.85. The van der Waals surface area contributed by atoms with Gasteiger partial charge in [0, 0.05) is 68.4 Å². The van der Waals surface area contributed by atoms with Crippen LogP contribution in [-0.2, 0) is 13.6 Å². The number of amides is 1. The van der Waals surface area contributed by atoms with Crippen molar-refractivity contribution in [2.75, 3.05) is 49.1 Å². The Morgan fingerprint density at radius 1 is 1.16 bits per heavy atom. The second-order valence-corrected chi connectivity index (χ2v) is 11.1. The number of anilines is 2. The number of likely N-dealkylation sites (N-methyl/N-ethyl adjacent to an activating group) is 1. The minimum Gasteiger partial charge on any atom is -0.354 e. The molecule has 222 valence electrons. The van der Waals surface area contributed by atoms with Crippen LogP contribution in [0.2, 0.25) is 5.02 Å². The molecule has 0 radical (unpaired) electrons. The summed E-state index contributed by atoms with van der Waals surface area (Å²) in [6.07, 6.45) is 9.19. The third kappa shape index (κ3) is 6.51. The van der Waals surface area contributed by atoms with Gasteiger partial charge in [0.15, 0.2) is 0 Å². The lowest BCUT2D eigenvalue weighted by atomic mass is 10.0.